The third kappa shape index (κ3) is 12.0. The van der Waals surface area contributed by atoms with Crippen LogP contribution in [-0.2, 0) is 9.53 Å². The summed E-state index contributed by atoms with van der Waals surface area (Å²) in [7, 11) is 3.07. The van der Waals surface area contributed by atoms with Crippen molar-refractivity contribution in [2.24, 2.45) is 0 Å². The minimum Gasteiger partial charge on any atom is -0.463 e. The zero-order valence-corrected chi connectivity index (χ0v) is 16.7. The second kappa shape index (κ2) is 11.9. The number of ether oxygens (including phenoxy) is 1. The second-order valence-corrected chi connectivity index (χ2v) is 11.7. The third-order valence-corrected chi connectivity index (χ3v) is 7.40. The molecule has 0 aromatic heterocycles. The summed E-state index contributed by atoms with van der Waals surface area (Å²) in [5, 5.41) is 0. The van der Waals surface area contributed by atoms with Crippen molar-refractivity contribution in [1.29, 1.82) is 0 Å². The van der Waals surface area contributed by atoms with Crippen LogP contribution < -0.4 is 0 Å². The highest BCUT2D eigenvalue weighted by molar-refractivity contribution is 6.79. The summed E-state index contributed by atoms with van der Waals surface area (Å²) >= 11 is 0. The Bertz CT molecular complexity index is 325. The number of carbonyl (C=O) groups is 1. The molecule has 0 radical (unpaired) electrons. The van der Waals surface area contributed by atoms with Gasteiger partial charge in [-0.1, -0.05) is 50.6 Å². The minimum absolute atomic E-state index is 0.0149. The molecule has 0 aliphatic carbocycles. The molecular formula is C18H37NO2Si. The first kappa shape index (κ1) is 21.4. The molecule has 3 nitrogen and oxygen atoms in total. The zero-order chi connectivity index (χ0) is 17.0. The lowest BCUT2D eigenvalue weighted by Crippen LogP contribution is -2.41. The van der Waals surface area contributed by atoms with Gasteiger partial charge in [-0.25, -0.2) is 0 Å². The molecule has 0 saturated carbocycles. The van der Waals surface area contributed by atoms with Gasteiger partial charge in [-0.2, -0.15) is 0 Å². The maximum absolute atomic E-state index is 11.4. The molecule has 0 aromatic carbocycles. The Morgan fingerprint density at radius 3 is 2.14 bits per heavy atom. The van der Waals surface area contributed by atoms with Crippen molar-refractivity contribution >= 4 is 14.2 Å². The van der Waals surface area contributed by atoms with Crippen LogP contribution in [0.2, 0.25) is 13.1 Å². The van der Waals surface area contributed by atoms with Gasteiger partial charge in [0.2, 0.25) is 0 Å². The van der Waals surface area contributed by atoms with E-state index in [9.17, 15) is 4.79 Å². The fourth-order valence-corrected chi connectivity index (χ4v) is 3.12. The van der Waals surface area contributed by atoms with Gasteiger partial charge in [0.05, 0.1) is 6.10 Å². The van der Waals surface area contributed by atoms with E-state index in [0.717, 1.165) is 12.8 Å². The highest BCUT2D eigenvalue weighted by Gasteiger charge is 2.18. The molecule has 0 aliphatic heterocycles. The first-order valence-corrected chi connectivity index (χ1v) is 11.8. The number of hydrogen-bond donors (Lipinski definition) is 0. The van der Waals surface area contributed by atoms with E-state index < -0.39 is 8.24 Å². The number of allylic oxidation sites excluding steroid dienone is 1. The minimum atomic E-state index is -1.28. The lowest BCUT2D eigenvalue weighted by atomic mass is 10.1. The van der Waals surface area contributed by atoms with Crippen molar-refractivity contribution in [3.8, 4) is 0 Å². The maximum atomic E-state index is 11.4. The van der Waals surface area contributed by atoms with Gasteiger partial charge in [0.15, 0.2) is 0 Å². The van der Waals surface area contributed by atoms with Crippen molar-refractivity contribution in [1.82, 2.24) is 4.57 Å². The predicted molar refractivity (Wildman–Crippen MR) is 98.5 cm³/mol. The van der Waals surface area contributed by atoms with Gasteiger partial charge in [0, 0.05) is 6.42 Å². The highest BCUT2D eigenvalue weighted by atomic mass is 28.3. The van der Waals surface area contributed by atoms with Crippen LogP contribution in [-0.4, -0.2) is 39.0 Å². The molecule has 4 heteroatoms. The number of rotatable bonds is 12. The van der Waals surface area contributed by atoms with E-state index >= 15 is 0 Å². The smallest absolute Gasteiger partial charge is 0.306 e. The van der Waals surface area contributed by atoms with E-state index in [-0.39, 0.29) is 12.1 Å². The molecule has 0 unspecified atom stereocenters. The predicted octanol–water partition coefficient (Wildman–Crippen LogP) is 4.92. The van der Waals surface area contributed by atoms with E-state index in [1.165, 1.54) is 32.1 Å². The van der Waals surface area contributed by atoms with Crippen molar-refractivity contribution in [2.45, 2.75) is 84.4 Å². The molecule has 130 valence electrons. The summed E-state index contributed by atoms with van der Waals surface area (Å²) in [6.45, 7) is 8.53. The van der Waals surface area contributed by atoms with Crippen molar-refractivity contribution in [3.63, 3.8) is 0 Å². The molecule has 0 heterocycles. The van der Waals surface area contributed by atoms with Gasteiger partial charge in [-0.05, 0) is 47.2 Å². The lowest BCUT2D eigenvalue weighted by molar-refractivity contribution is -0.147. The summed E-state index contributed by atoms with van der Waals surface area (Å²) in [6, 6.07) is 0. The summed E-state index contributed by atoms with van der Waals surface area (Å²) in [6.07, 6.45) is 11.4. The number of nitrogens with zero attached hydrogens (tertiary/aromatic N) is 1. The molecule has 0 aromatic rings. The van der Waals surface area contributed by atoms with Gasteiger partial charge in [-0.15, -0.1) is 0 Å². The third-order valence-electron chi connectivity index (χ3n) is 4.05. The van der Waals surface area contributed by atoms with Crippen LogP contribution in [0.3, 0.4) is 0 Å². The normalized spacial score (nSPS) is 12.5. The van der Waals surface area contributed by atoms with Crippen LogP contribution in [0.5, 0.6) is 0 Å². The van der Waals surface area contributed by atoms with Crippen LogP contribution in [0, 0.1) is 0 Å². The van der Waals surface area contributed by atoms with Crippen LogP contribution in [0.15, 0.2) is 11.8 Å². The molecular weight excluding hydrogens is 290 g/mol. The van der Waals surface area contributed by atoms with Crippen molar-refractivity contribution < 1.29 is 9.53 Å². The lowest BCUT2D eigenvalue weighted by Gasteiger charge is -2.26. The number of hydrogen-bond acceptors (Lipinski definition) is 3. The Kier molecular flexibility index (Phi) is 11.6. The van der Waals surface area contributed by atoms with Gasteiger partial charge in [0.1, 0.15) is 8.24 Å². The molecule has 0 rings (SSSR count). The summed E-state index contributed by atoms with van der Waals surface area (Å²) in [5.41, 5.74) is 2.44. The molecule has 0 N–H and O–H groups in total. The molecule has 0 amide bonds. The van der Waals surface area contributed by atoms with E-state index in [4.69, 9.17) is 4.74 Å². The average molecular weight is 328 g/mol. The molecule has 0 fully saturated rings. The van der Waals surface area contributed by atoms with Crippen LogP contribution >= 0.6 is 0 Å². The number of carbonyl (C=O) groups excluding carboxylic acids is 1. The number of unbranched alkanes of at least 4 members (excludes halogenated alkanes) is 6. The molecule has 0 saturated heterocycles. The van der Waals surface area contributed by atoms with Gasteiger partial charge in [0.25, 0.3) is 0 Å². The Morgan fingerprint density at radius 2 is 1.59 bits per heavy atom. The molecule has 0 aliphatic rings. The van der Waals surface area contributed by atoms with Crippen molar-refractivity contribution in [2.75, 3.05) is 14.1 Å². The van der Waals surface area contributed by atoms with Gasteiger partial charge < -0.3 is 9.30 Å². The van der Waals surface area contributed by atoms with Crippen LogP contribution in [0.1, 0.15) is 65.2 Å². The highest BCUT2D eigenvalue weighted by Crippen LogP contribution is 2.11. The second-order valence-electron chi connectivity index (χ2n) is 7.15. The monoisotopic (exact) mass is 327 g/mol. The fourth-order valence-electron chi connectivity index (χ4n) is 2.08. The Hall–Kier alpha value is -0.613. The molecule has 0 bridgehead atoms. The summed E-state index contributed by atoms with van der Waals surface area (Å²) < 4.78 is 7.49. The maximum Gasteiger partial charge on any atom is 0.306 e. The van der Waals surface area contributed by atoms with Crippen LogP contribution in [0.4, 0.5) is 0 Å². The van der Waals surface area contributed by atoms with Gasteiger partial charge in [-0.3, -0.25) is 4.79 Å². The van der Waals surface area contributed by atoms with Crippen molar-refractivity contribution in [3.05, 3.63) is 11.8 Å². The van der Waals surface area contributed by atoms with Gasteiger partial charge >= 0.3 is 5.97 Å². The first-order valence-electron chi connectivity index (χ1n) is 8.80. The van der Waals surface area contributed by atoms with E-state index in [2.05, 4.69) is 43.5 Å². The van der Waals surface area contributed by atoms with Crippen LogP contribution in [0.25, 0.3) is 0 Å². The molecule has 0 spiro atoms. The Morgan fingerprint density at radius 1 is 1.05 bits per heavy atom. The Labute approximate surface area is 139 Å². The standard InChI is InChI=1S/C18H37NO2Si/c1-17(2)21-18(20)15-13-11-9-7-8-10-12-14-16-22(5,6)19(3)4/h14,16-17H,7-13,15H2,1-6H3/b16-14+. The van der Waals surface area contributed by atoms with E-state index in [0.29, 0.717) is 6.42 Å². The largest absolute Gasteiger partial charge is 0.463 e. The quantitative estimate of drug-likeness (QED) is 0.289. The summed E-state index contributed by atoms with van der Waals surface area (Å²) in [4.78, 5) is 11.4. The molecule has 22 heavy (non-hydrogen) atoms. The van der Waals surface area contributed by atoms with E-state index in [1.807, 2.05) is 13.8 Å². The topological polar surface area (TPSA) is 29.5 Å². The summed E-state index contributed by atoms with van der Waals surface area (Å²) in [5.74, 6) is -0.0483. The SMILES string of the molecule is CC(C)OC(=O)CCCCCCCC/C=C/[Si](C)(C)N(C)C. The van der Waals surface area contributed by atoms with E-state index in [1.54, 1.807) is 0 Å². The Balaban J connectivity index is 3.45. The zero-order valence-electron chi connectivity index (χ0n) is 15.7. The number of esters is 1. The first-order chi connectivity index (χ1) is 10.3. The molecule has 0 atom stereocenters. The fraction of sp³-hybridized carbons (Fsp3) is 0.833. The average Bonchev–Trinajstić information content (AvgIpc) is 2.39.